The Bertz CT molecular complexity index is 638. The Morgan fingerprint density at radius 1 is 1.19 bits per heavy atom. The van der Waals surface area contributed by atoms with Gasteiger partial charge in [0.1, 0.15) is 5.82 Å². The summed E-state index contributed by atoms with van der Waals surface area (Å²) in [6.07, 6.45) is -0.0532. The fourth-order valence-electron chi connectivity index (χ4n) is 1.50. The number of hydrogen-bond acceptors (Lipinski definition) is 6. The number of benzene rings is 1. The molecule has 0 aliphatic rings. The van der Waals surface area contributed by atoms with Gasteiger partial charge in [0.05, 0.1) is 11.8 Å². The van der Waals surface area contributed by atoms with Crippen LogP contribution in [-0.4, -0.2) is 28.1 Å². The Morgan fingerprint density at radius 3 is 2.52 bits per heavy atom. The van der Waals surface area contributed by atoms with Gasteiger partial charge in [0.2, 0.25) is 11.9 Å². The molecule has 21 heavy (non-hydrogen) atoms. The molecule has 0 bridgehead atoms. The van der Waals surface area contributed by atoms with Gasteiger partial charge in [-0.2, -0.15) is 15.0 Å². The van der Waals surface area contributed by atoms with Crippen LogP contribution in [0, 0.1) is 5.82 Å². The quantitative estimate of drug-likeness (QED) is 0.856. The maximum atomic E-state index is 13.1. The molecule has 0 spiro atoms. The number of nitrogens with zero attached hydrogens (tertiary/aromatic N) is 3. The summed E-state index contributed by atoms with van der Waals surface area (Å²) < 4.78 is 19.1. The number of rotatable bonds is 5. The second kappa shape index (κ2) is 6.66. The number of anilines is 3. The van der Waals surface area contributed by atoms with Crippen molar-refractivity contribution >= 4 is 33.5 Å². The Morgan fingerprint density at radius 2 is 1.90 bits per heavy atom. The van der Waals surface area contributed by atoms with Crippen molar-refractivity contribution in [3.63, 3.8) is 0 Å². The molecule has 0 atom stereocenters. The van der Waals surface area contributed by atoms with Gasteiger partial charge in [-0.15, -0.1) is 0 Å². The molecule has 0 saturated heterocycles. The Hall–Kier alpha value is -1.96. The van der Waals surface area contributed by atoms with E-state index in [1.54, 1.807) is 13.1 Å². The molecule has 0 amide bonds. The molecular formula is C13H15BrFN5O. The van der Waals surface area contributed by atoms with E-state index in [1.165, 1.54) is 12.1 Å². The van der Waals surface area contributed by atoms with Crippen LogP contribution in [0.5, 0.6) is 6.01 Å². The number of halogens is 2. The lowest BCUT2D eigenvalue weighted by Gasteiger charge is -2.12. The molecule has 0 unspecified atom stereocenters. The number of aromatic nitrogens is 3. The number of nitrogens with one attached hydrogen (secondary N) is 2. The molecule has 2 N–H and O–H groups in total. The number of ether oxygens (including phenoxy) is 1. The highest BCUT2D eigenvalue weighted by molar-refractivity contribution is 9.10. The van der Waals surface area contributed by atoms with Crippen molar-refractivity contribution in [1.82, 2.24) is 15.0 Å². The summed E-state index contributed by atoms with van der Waals surface area (Å²) >= 11 is 3.28. The smallest absolute Gasteiger partial charge is 0.323 e. The molecule has 1 aromatic carbocycles. The van der Waals surface area contributed by atoms with E-state index >= 15 is 0 Å². The summed E-state index contributed by atoms with van der Waals surface area (Å²) in [5.74, 6) is 0.349. The van der Waals surface area contributed by atoms with Crippen LogP contribution in [0.15, 0.2) is 22.7 Å². The molecule has 112 valence electrons. The average molecular weight is 356 g/mol. The molecule has 0 aliphatic carbocycles. The highest BCUT2D eigenvalue weighted by atomic mass is 79.9. The van der Waals surface area contributed by atoms with E-state index in [4.69, 9.17) is 4.74 Å². The predicted octanol–water partition coefficient (Wildman–Crippen LogP) is 3.35. The highest BCUT2D eigenvalue weighted by Crippen LogP contribution is 2.26. The average Bonchev–Trinajstić information content (AvgIpc) is 2.41. The monoisotopic (exact) mass is 355 g/mol. The van der Waals surface area contributed by atoms with Crippen LogP contribution in [-0.2, 0) is 0 Å². The van der Waals surface area contributed by atoms with Gasteiger partial charge in [-0.25, -0.2) is 4.39 Å². The lowest BCUT2D eigenvalue weighted by atomic mass is 10.3. The van der Waals surface area contributed by atoms with Crippen molar-refractivity contribution < 1.29 is 9.13 Å². The van der Waals surface area contributed by atoms with E-state index < -0.39 is 0 Å². The SMILES string of the molecule is CNc1nc(Nc2ccc(F)cc2Br)nc(OC(C)C)n1. The molecule has 2 rings (SSSR count). The van der Waals surface area contributed by atoms with Gasteiger partial charge in [0.25, 0.3) is 0 Å². The van der Waals surface area contributed by atoms with Crippen LogP contribution < -0.4 is 15.4 Å². The minimum absolute atomic E-state index is 0.0532. The minimum atomic E-state index is -0.331. The van der Waals surface area contributed by atoms with Crippen molar-refractivity contribution in [2.45, 2.75) is 20.0 Å². The largest absolute Gasteiger partial charge is 0.461 e. The van der Waals surface area contributed by atoms with Crippen LogP contribution in [0.3, 0.4) is 0 Å². The first-order valence-corrected chi connectivity index (χ1v) is 7.10. The lowest BCUT2D eigenvalue weighted by molar-refractivity contribution is 0.222. The van der Waals surface area contributed by atoms with Gasteiger partial charge >= 0.3 is 6.01 Å². The first-order valence-electron chi connectivity index (χ1n) is 6.30. The van der Waals surface area contributed by atoms with E-state index in [0.717, 1.165) is 0 Å². The molecule has 6 nitrogen and oxygen atoms in total. The second-order valence-corrected chi connectivity index (χ2v) is 5.29. The molecular weight excluding hydrogens is 341 g/mol. The van der Waals surface area contributed by atoms with E-state index in [0.29, 0.717) is 22.1 Å². The summed E-state index contributed by atoms with van der Waals surface area (Å²) in [7, 11) is 1.70. The topological polar surface area (TPSA) is 72.0 Å². The standard InChI is InChI=1S/C13H15BrFN5O/c1-7(2)21-13-19-11(16-3)18-12(20-13)17-10-5-4-8(15)6-9(10)14/h4-7H,1-3H3,(H2,16,17,18,19,20). The van der Waals surface area contributed by atoms with Gasteiger partial charge in [0.15, 0.2) is 0 Å². The first-order chi connectivity index (χ1) is 9.97. The van der Waals surface area contributed by atoms with E-state index in [1.807, 2.05) is 13.8 Å². The molecule has 1 heterocycles. The zero-order valence-electron chi connectivity index (χ0n) is 11.8. The lowest BCUT2D eigenvalue weighted by Crippen LogP contribution is -2.12. The van der Waals surface area contributed by atoms with Crippen LogP contribution in [0.2, 0.25) is 0 Å². The van der Waals surface area contributed by atoms with Crippen LogP contribution in [0.4, 0.5) is 22.0 Å². The third-order valence-corrected chi connectivity index (χ3v) is 3.01. The Kier molecular flexibility index (Phi) is 4.89. The summed E-state index contributed by atoms with van der Waals surface area (Å²) in [6, 6.07) is 4.50. The predicted molar refractivity (Wildman–Crippen MR) is 82.5 cm³/mol. The summed E-state index contributed by atoms with van der Waals surface area (Å²) in [5.41, 5.74) is 0.639. The van der Waals surface area contributed by atoms with Gasteiger partial charge < -0.3 is 15.4 Å². The van der Waals surface area contributed by atoms with Gasteiger partial charge in [0, 0.05) is 11.5 Å². The maximum absolute atomic E-state index is 13.1. The molecule has 0 aliphatic heterocycles. The summed E-state index contributed by atoms with van der Waals surface area (Å²) in [6.45, 7) is 3.76. The van der Waals surface area contributed by atoms with E-state index in [9.17, 15) is 4.39 Å². The second-order valence-electron chi connectivity index (χ2n) is 4.43. The van der Waals surface area contributed by atoms with Crippen LogP contribution in [0.25, 0.3) is 0 Å². The highest BCUT2D eigenvalue weighted by Gasteiger charge is 2.10. The molecule has 1 aromatic heterocycles. The normalized spacial score (nSPS) is 10.6. The summed E-state index contributed by atoms with van der Waals surface area (Å²) in [4.78, 5) is 12.5. The van der Waals surface area contributed by atoms with Crippen LogP contribution >= 0.6 is 15.9 Å². The van der Waals surface area contributed by atoms with E-state index in [-0.39, 0.29) is 17.9 Å². The molecule has 0 fully saturated rings. The van der Waals surface area contributed by atoms with Crippen molar-refractivity contribution in [3.05, 3.63) is 28.5 Å². The Labute approximate surface area is 130 Å². The van der Waals surface area contributed by atoms with Gasteiger partial charge in [-0.05, 0) is 48.0 Å². The third kappa shape index (κ3) is 4.25. The molecule has 0 radical (unpaired) electrons. The van der Waals surface area contributed by atoms with Crippen molar-refractivity contribution in [2.24, 2.45) is 0 Å². The fraction of sp³-hybridized carbons (Fsp3) is 0.308. The third-order valence-electron chi connectivity index (χ3n) is 2.36. The van der Waals surface area contributed by atoms with Crippen molar-refractivity contribution in [2.75, 3.05) is 17.7 Å². The maximum Gasteiger partial charge on any atom is 0.323 e. The Balaban J connectivity index is 2.29. The van der Waals surface area contributed by atoms with E-state index in [2.05, 4.69) is 41.5 Å². The zero-order chi connectivity index (χ0) is 15.4. The minimum Gasteiger partial charge on any atom is -0.461 e. The number of hydrogen-bond donors (Lipinski definition) is 2. The summed E-state index contributed by atoms with van der Waals surface area (Å²) in [5, 5.41) is 5.83. The van der Waals surface area contributed by atoms with Gasteiger partial charge in [-0.3, -0.25) is 0 Å². The van der Waals surface area contributed by atoms with Crippen molar-refractivity contribution in [1.29, 1.82) is 0 Å². The first kappa shape index (κ1) is 15.4. The van der Waals surface area contributed by atoms with Crippen molar-refractivity contribution in [3.8, 4) is 6.01 Å². The zero-order valence-corrected chi connectivity index (χ0v) is 13.4. The fourth-order valence-corrected chi connectivity index (χ4v) is 1.95. The molecule has 2 aromatic rings. The molecule has 8 heteroatoms. The molecule has 0 saturated carbocycles. The van der Waals surface area contributed by atoms with Gasteiger partial charge in [-0.1, -0.05) is 0 Å². The van der Waals surface area contributed by atoms with Crippen LogP contribution in [0.1, 0.15) is 13.8 Å².